The van der Waals surface area contributed by atoms with Gasteiger partial charge in [-0.15, -0.1) is 0 Å². The molecule has 0 aromatic heterocycles. The molecule has 21 heteroatoms. The number of ether oxygens (including phenoxy) is 8. The standard InChI is InChI=1S/C31H51NO18S.Na/c1-14(33)32-16-18(17(34)15(45-24(16)43-12)13-44-51(39,40)41)46-25-22(50-28(38)31(8,9)10)20(49-27(37)30(5,6)7)19(21(47-25)23(35)42-11)48-26(36)29(2,3)4;/h15-22,24-25,34H,13H2,1-12H3,(H,32,33)(H,39,40,41);/q;+1/p-1/t15-,16-,17-,18-,19+,20+,21+,22-,24+,25-;/m1./s1. The van der Waals surface area contributed by atoms with Crippen molar-refractivity contribution in [1.29, 1.82) is 0 Å². The summed E-state index contributed by atoms with van der Waals surface area (Å²) in [4.78, 5) is 65.7. The van der Waals surface area contributed by atoms with Crippen LogP contribution in [-0.2, 0) is 76.4 Å². The number of methoxy groups -OCH3 is 2. The molecule has 2 rings (SSSR count). The number of hydrogen-bond donors (Lipinski definition) is 2. The molecule has 0 saturated carbocycles. The van der Waals surface area contributed by atoms with Crippen LogP contribution in [0.25, 0.3) is 0 Å². The van der Waals surface area contributed by atoms with Crippen molar-refractivity contribution in [3.63, 3.8) is 0 Å². The van der Waals surface area contributed by atoms with Crippen LogP contribution in [0.3, 0.4) is 0 Å². The summed E-state index contributed by atoms with van der Waals surface area (Å²) < 4.78 is 83.4. The summed E-state index contributed by atoms with van der Waals surface area (Å²) >= 11 is 0. The summed E-state index contributed by atoms with van der Waals surface area (Å²) in [5, 5.41) is 13.9. The van der Waals surface area contributed by atoms with Crippen molar-refractivity contribution in [1.82, 2.24) is 5.32 Å². The maximum atomic E-state index is 13.4. The Morgan fingerprint density at radius 1 is 0.750 bits per heavy atom. The first-order chi connectivity index (χ1) is 23.1. The van der Waals surface area contributed by atoms with Gasteiger partial charge in [0.05, 0.1) is 30.0 Å². The number of hydrogen-bond acceptors (Lipinski definition) is 18. The predicted molar refractivity (Wildman–Crippen MR) is 168 cm³/mol. The van der Waals surface area contributed by atoms with E-state index in [-0.39, 0.29) is 29.6 Å². The summed E-state index contributed by atoms with van der Waals surface area (Å²) in [6.07, 6.45) is -16.2. The Morgan fingerprint density at radius 3 is 1.62 bits per heavy atom. The Morgan fingerprint density at radius 2 is 1.21 bits per heavy atom. The molecule has 2 heterocycles. The van der Waals surface area contributed by atoms with Crippen LogP contribution in [0.2, 0.25) is 0 Å². The van der Waals surface area contributed by atoms with Crippen LogP contribution in [0.4, 0.5) is 0 Å². The topological polar surface area (TPSA) is 258 Å². The monoisotopic (exact) mass is 779 g/mol. The summed E-state index contributed by atoms with van der Waals surface area (Å²) in [6, 6.07) is -1.42. The smallest absolute Gasteiger partial charge is 0.726 e. The van der Waals surface area contributed by atoms with Gasteiger partial charge in [0, 0.05) is 14.0 Å². The second kappa shape index (κ2) is 18.6. The van der Waals surface area contributed by atoms with E-state index < -0.39 is 124 Å². The number of amides is 1. The number of rotatable bonds is 11. The molecule has 0 spiro atoms. The fraction of sp³-hybridized carbons (Fsp3) is 0.839. The number of esters is 4. The molecule has 1 amide bonds. The van der Waals surface area contributed by atoms with Gasteiger partial charge in [-0.25, -0.2) is 13.2 Å². The Balaban J connectivity index is 0.0000135. The van der Waals surface area contributed by atoms with Crippen LogP contribution in [0.1, 0.15) is 69.2 Å². The second-order valence-electron chi connectivity index (χ2n) is 15.1. The minimum Gasteiger partial charge on any atom is -0.726 e. The van der Waals surface area contributed by atoms with Crippen molar-refractivity contribution in [2.24, 2.45) is 16.2 Å². The van der Waals surface area contributed by atoms with E-state index in [1.165, 1.54) is 62.3 Å². The van der Waals surface area contributed by atoms with Crippen molar-refractivity contribution < 1.29 is 114 Å². The molecule has 10 atom stereocenters. The van der Waals surface area contributed by atoms with E-state index in [9.17, 15) is 42.0 Å². The van der Waals surface area contributed by atoms with Crippen molar-refractivity contribution in [3.8, 4) is 0 Å². The minimum absolute atomic E-state index is 0. The molecule has 0 bridgehead atoms. The van der Waals surface area contributed by atoms with E-state index in [2.05, 4.69) is 9.50 Å². The Bertz CT molecular complexity index is 1390. The molecule has 2 fully saturated rings. The van der Waals surface area contributed by atoms with Gasteiger partial charge in [-0.3, -0.25) is 23.4 Å². The third-order valence-corrected chi connectivity index (χ3v) is 7.86. The summed E-state index contributed by atoms with van der Waals surface area (Å²) in [6.45, 7) is 13.7. The Kier molecular flexibility index (Phi) is 17.2. The molecule has 0 aliphatic carbocycles. The Labute approximate surface area is 325 Å². The summed E-state index contributed by atoms with van der Waals surface area (Å²) in [7, 11) is -3.14. The van der Waals surface area contributed by atoms with E-state index >= 15 is 0 Å². The average Bonchev–Trinajstić information content (AvgIpc) is 2.97. The van der Waals surface area contributed by atoms with E-state index in [0.29, 0.717) is 0 Å². The molecular formula is C31H50NNaO18S. The van der Waals surface area contributed by atoms with Crippen LogP contribution in [0.5, 0.6) is 0 Å². The van der Waals surface area contributed by atoms with Gasteiger partial charge in [0.2, 0.25) is 16.3 Å². The number of nitrogens with one attached hydrogen (secondary N) is 1. The zero-order chi connectivity index (χ0) is 39.4. The Hall–Kier alpha value is -1.98. The second-order valence-corrected chi connectivity index (χ2v) is 16.1. The molecule has 52 heavy (non-hydrogen) atoms. The van der Waals surface area contributed by atoms with Gasteiger partial charge in [0.25, 0.3) is 0 Å². The molecule has 0 aromatic carbocycles. The van der Waals surface area contributed by atoms with E-state index in [1.54, 1.807) is 0 Å². The molecule has 294 valence electrons. The number of carbonyl (C=O) groups excluding carboxylic acids is 5. The van der Waals surface area contributed by atoms with E-state index in [0.717, 1.165) is 21.1 Å². The fourth-order valence-corrected chi connectivity index (χ4v) is 4.93. The van der Waals surface area contributed by atoms with Crippen molar-refractivity contribution in [2.75, 3.05) is 20.8 Å². The van der Waals surface area contributed by atoms with Crippen LogP contribution >= 0.6 is 0 Å². The molecule has 0 aromatic rings. The van der Waals surface area contributed by atoms with Gasteiger partial charge in [-0.05, 0) is 62.3 Å². The number of carbonyl (C=O) groups is 5. The quantitative estimate of drug-likeness (QED) is 0.0690. The minimum atomic E-state index is -5.28. The zero-order valence-corrected chi connectivity index (χ0v) is 34.6. The van der Waals surface area contributed by atoms with Gasteiger partial charge < -0.3 is 52.9 Å². The SMILES string of the molecule is COC(=O)[C@H]1O[C@@H](O[C@H]2[C@H](O)[C@@H](COS(=O)(=O)[O-])O[C@H](OC)[C@@H]2NC(C)=O)[C@H](OC(=O)C(C)(C)C)[C@@H](OC(=O)C(C)(C)C)[C@@H]1OC(=O)C(C)(C)C.[Na+]. The largest absolute Gasteiger partial charge is 1.00 e. The molecule has 19 nitrogen and oxygen atoms in total. The van der Waals surface area contributed by atoms with Crippen LogP contribution < -0.4 is 34.9 Å². The van der Waals surface area contributed by atoms with Crippen molar-refractivity contribution >= 4 is 40.2 Å². The molecule has 0 unspecified atom stereocenters. The van der Waals surface area contributed by atoms with Crippen LogP contribution in [0, 0.1) is 16.2 Å². The van der Waals surface area contributed by atoms with Crippen LogP contribution in [-0.4, -0.2) is 130 Å². The van der Waals surface area contributed by atoms with E-state index in [4.69, 9.17) is 37.9 Å². The zero-order valence-electron chi connectivity index (χ0n) is 31.8. The molecule has 2 saturated heterocycles. The molecule has 2 N–H and O–H groups in total. The number of aliphatic hydroxyl groups excluding tert-OH is 1. The van der Waals surface area contributed by atoms with Gasteiger partial charge in [-0.2, -0.15) is 0 Å². The number of aliphatic hydroxyl groups is 1. The first kappa shape index (κ1) is 48.0. The van der Waals surface area contributed by atoms with Crippen molar-refractivity contribution in [3.05, 3.63) is 0 Å². The van der Waals surface area contributed by atoms with E-state index in [1.807, 2.05) is 0 Å². The van der Waals surface area contributed by atoms with Gasteiger partial charge in [-0.1, -0.05) is 0 Å². The predicted octanol–water partition coefficient (Wildman–Crippen LogP) is -3.14. The summed E-state index contributed by atoms with van der Waals surface area (Å²) in [5.74, 6) is -4.47. The van der Waals surface area contributed by atoms with Crippen molar-refractivity contribution in [2.45, 2.75) is 131 Å². The fourth-order valence-electron chi connectivity index (χ4n) is 4.63. The van der Waals surface area contributed by atoms with Gasteiger partial charge >= 0.3 is 53.4 Å². The third-order valence-electron chi connectivity index (χ3n) is 7.44. The van der Waals surface area contributed by atoms with Gasteiger partial charge in [0.1, 0.15) is 24.4 Å². The molecule has 2 aliphatic rings. The average molecular weight is 780 g/mol. The van der Waals surface area contributed by atoms with Gasteiger partial charge in [0.15, 0.2) is 37.0 Å². The molecular weight excluding hydrogens is 729 g/mol. The normalized spacial score (nSPS) is 29.9. The summed E-state index contributed by atoms with van der Waals surface area (Å²) in [5.41, 5.74) is -3.56. The molecule has 0 radical (unpaired) electrons. The van der Waals surface area contributed by atoms with Crippen LogP contribution in [0.15, 0.2) is 0 Å². The molecule has 2 aliphatic heterocycles. The maximum absolute atomic E-state index is 13.4. The first-order valence-electron chi connectivity index (χ1n) is 15.9. The maximum Gasteiger partial charge on any atom is 1.00 e. The third kappa shape index (κ3) is 13.1. The first-order valence-corrected chi connectivity index (χ1v) is 17.2.